The van der Waals surface area contributed by atoms with Gasteiger partial charge in [0.05, 0.1) is 17.4 Å². The highest BCUT2D eigenvalue weighted by Crippen LogP contribution is 2.15. The van der Waals surface area contributed by atoms with Crippen molar-refractivity contribution in [3.63, 3.8) is 0 Å². The number of urea groups is 1. The van der Waals surface area contributed by atoms with Crippen LogP contribution in [-0.2, 0) is 13.1 Å². The Labute approximate surface area is 161 Å². The van der Waals surface area contributed by atoms with Crippen LogP contribution in [0.25, 0.3) is 11.0 Å². The third kappa shape index (κ3) is 4.88. The molecule has 0 saturated carbocycles. The Kier molecular flexibility index (Phi) is 6.12. The molecule has 5 heteroatoms. The highest BCUT2D eigenvalue weighted by molar-refractivity contribution is 5.75. The number of aromatic nitrogens is 2. The molecule has 1 aromatic heterocycles. The summed E-state index contributed by atoms with van der Waals surface area (Å²) < 4.78 is 2.15. The van der Waals surface area contributed by atoms with E-state index >= 15 is 0 Å². The van der Waals surface area contributed by atoms with Crippen molar-refractivity contribution in [2.75, 3.05) is 13.6 Å². The number of amides is 2. The molecule has 142 valence electrons. The summed E-state index contributed by atoms with van der Waals surface area (Å²) in [6, 6.07) is 16.4. The first kappa shape index (κ1) is 19.0. The molecule has 0 fully saturated rings. The van der Waals surface area contributed by atoms with Crippen molar-refractivity contribution in [1.82, 2.24) is 19.8 Å². The molecule has 1 heterocycles. The van der Waals surface area contributed by atoms with E-state index in [2.05, 4.69) is 46.9 Å². The third-order valence-electron chi connectivity index (χ3n) is 4.94. The minimum atomic E-state index is -0.0266. The zero-order valence-corrected chi connectivity index (χ0v) is 16.4. The standard InChI is InChI=1S/C22H28N4O/c1-4-17(2)14-25(3)22(27)23-13-18-8-7-9-19(12-18)15-26-16-24-20-10-5-6-11-21(20)26/h5-12,16-17H,4,13-15H2,1-3H3,(H,23,27)/t17-/m1/s1. The quantitative estimate of drug-likeness (QED) is 0.680. The molecule has 27 heavy (non-hydrogen) atoms. The summed E-state index contributed by atoms with van der Waals surface area (Å²) in [4.78, 5) is 18.5. The van der Waals surface area contributed by atoms with Gasteiger partial charge in [0.25, 0.3) is 0 Å². The van der Waals surface area contributed by atoms with Crippen molar-refractivity contribution >= 4 is 17.1 Å². The average Bonchev–Trinajstić information content (AvgIpc) is 3.09. The second-order valence-electron chi connectivity index (χ2n) is 7.23. The van der Waals surface area contributed by atoms with Gasteiger partial charge in [-0.15, -0.1) is 0 Å². The number of nitrogens with zero attached hydrogens (tertiary/aromatic N) is 3. The monoisotopic (exact) mass is 364 g/mol. The van der Waals surface area contributed by atoms with Crippen LogP contribution in [0.15, 0.2) is 54.9 Å². The molecule has 0 bridgehead atoms. The van der Waals surface area contributed by atoms with Crippen molar-refractivity contribution in [3.8, 4) is 0 Å². The molecule has 0 saturated heterocycles. The number of rotatable bonds is 7. The number of carbonyl (C=O) groups is 1. The number of benzene rings is 2. The van der Waals surface area contributed by atoms with Crippen LogP contribution < -0.4 is 5.32 Å². The number of imidazole rings is 1. The van der Waals surface area contributed by atoms with Gasteiger partial charge in [-0.2, -0.15) is 0 Å². The molecule has 2 amide bonds. The Bertz CT molecular complexity index is 902. The lowest BCUT2D eigenvalue weighted by molar-refractivity contribution is 0.201. The molecule has 0 aliphatic heterocycles. The first-order valence-electron chi connectivity index (χ1n) is 9.53. The molecule has 2 aromatic carbocycles. The van der Waals surface area contributed by atoms with Gasteiger partial charge in [-0.05, 0) is 29.2 Å². The molecule has 5 nitrogen and oxygen atoms in total. The van der Waals surface area contributed by atoms with Crippen LogP contribution in [0, 0.1) is 5.92 Å². The maximum Gasteiger partial charge on any atom is 0.317 e. The van der Waals surface area contributed by atoms with E-state index < -0.39 is 0 Å². The normalized spacial score (nSPS) is 12.1. The van der Waals surface area contributed by atoms with E-state index in [9.17, 15) is 4.79 Å². The molecule has 3 aromatic rings. The summed E-state index contributed by atoms with van der Waals surface area (Å²) in [6.45, 7) is 6.37. The van der Waals surface area contributed by atoms with E-state index in [1.807, 2.05) is 43.7 Å². The number of hydrogen-bond acceptors (Lipinski definition) is 2. The van der Waals surface area contributed by atoms with Crippen LogP contribution in [0.3, 0.4) is 0 Å². The summed E-state index contributed by atoms with van der Waals surface area (Å²) in [6.07, 6.45) is 2.95. The van der Waals surface area contributed by atoms with Crippen molar-refractivity contribution < 1.29 is 4.79 Å². The fourth-order valence-electron chi connectivity index (χ4n) is 3.16. The minimum Gasteiger partial charge on any atom is -0.334 e. The second kappa shape index (κ2) is 8.71. The average molecular weight is 364 g/mol. The van der Waals surface area contributed by atoms with E-state index in [-0.39, 0.29) is 6.03 Å². The molecule has 0 aliphatic carbocycles. The zero-order chi connectivity index (χ0) is 19.2. The predicted octanol–water partition coefficient (Wildman–Crippen LogP) is 4.27. The van der Waals surface area contributed by atoms with Crippen molar-refractivity contribution in [3.05, 3.63) is 66.0 Å². The maximum atomic E-state index is 12.3. The van der Waals surface area contributed by atoms with E-state index in [1.165, 1.54) is 5.56 Å². The molecule has 1 atom stereocenters. The Hall–Kier alpha value is -2.82. The fourth-order valence-corrected chi connectivity index (χ4v) is 3.16. The lowest BCUT2D eigenvalue weighted by atomic mass is 10.1. The van der Waals surface area contributed by atoms with E-state index in [1.54, 1.807) is 4.90 Å². The molecule has 1 N–H and O–H groups in total. The predicted molar refractivity (Wildman–Crippen MR) is 110 cm³/mol. The lowest BCUT2D eigenvalue weighted by Gasteiger charge is -2.21. The molecule has 3 rings (SSSR count). The van der Waals surface area contributed by atoms with Crippen LogP contribution in [0.2, 0.25) is 0 Å². The van der Waals surface area contributed by atoms with Gasteiger partial charge in [0.15, 0.2) is 0 Å². The molecule has 0 aliphatic rings. The lowest BCUT2D eigenvalue weighted by Crippen LogP contribution is -2.39. The highest BCUT2D eigenvalue weighted by atomic mass is 16.2. The van der Waals surface area contributed by atoms with Crippen molar-refractivity contribution in [2.24, 2.45) is 5.92 Å². The fraction of sp³-hybridized carbons (Fsp3) is 0.364. The molecular weight excluding hydrogens is 336 g/mol. The number of nitrogens with one attached hydrogen (secondary N) is 1. The van der Waals surface area contributed by atoms with Gasteiger partial charge in [0.1, 0.15) is 0 Å². The Balaban J connectivity index is 1.61. The molecule has 0 spiro atoms. The van der Waals surface area contributed by atoms with Gasteiger partial charge in [-0.3, -0.25) is 0 Å². The molecule has 0 unspecified atom stereocenters. The van der Waals surface area contributed by atoms with Gasteiger partial charge in [-0.1, -0.05) is 56.7 Å². The molecule has 0 radical (unpaired) electrons. The third-order valence-corrected chi connectivity index (χ3v) is 4.94. The Morgan fingerprint density at radius 3 is 2.78 bits per heavy atom. The van der Waals surface area contributed by atoms with Gasteiger partial charge in [-0.25, -0.2) is 9.78 Å². The van der Waals surface area contributed by atoms with Gasteiger partial charge in [0.2, 0.25) is 0 Å². The van der Waals surface area contributed by atoms with Gasteiger partial charge in [0, 0.05) is 26.7 Å². The van der Waals surface area contributed by atoms with E-state index in [0.717, 1.165) is 36.1 Å². The van der Waals surface area contributed by atoms with Gasteiger partial charge >= 0.3 is 6.03 Å². The Morgan fingerprint density at radius 2 is 1.96 bits per heavy atom. The van der Waals surface area contributed by atoms with Crippen LogP contribution in [0.1, 0.15) is 31.4 Å². The van der Waals surface area contributed by atoms with E-state index in [0.29, 0.717) is 12.5 Å². The second-order valence-corrected chi connectivity index (χ2v) is 7.23. The van der Waals surface area contributed by atoms with Crippen LogP contribution in [0.5, 0.6) is 0 Å². The number of fused-ring (bicyclic) bond motifs is 1. The molecular formula is C22H28N4O. The minimum absolute atomic E-state index is 0.0266. The van der Waals surface area contributed by atoms with Crippen molar-refractivity contribution in [2.45, 2.75) is 33.4 Å². The Morgan fingerprint density at radius 1 is 1.19 bits per heavy atom. The summed E-state index contributed by atoms with van der Waals surface area (Å²) in [5.74, 6) is 0.508. The first-order chi connectivity index (χ1) is 13.1. The van der Waals surface area contributed by atoms with Crippen LogP contribution >= 0.6 is 0 Å². The van der Waals surface area contributed by atoms with Crippen molar-refractivity contribution in [1.29, 1.82) is 0 Å². The zero-order valence-electron chi connectivity index (χ0n) is 16.4. The SMILES string of the molecule is CC[C@@H](C)CN(C)C(=O)NCc1cccc(Cn2cnc3ccccc32)c1. The van der Waals surface area contributed by atoms with Gasteiger partial charge < -0.3 is 14.8 Å². The maximum absolute atomic E-state index is 12.3. The largest absolute Gasteiger partial charge is 0.334 e. The van der Waals surface area contributed by atoms with Crippen LogP contribution in [-0.4, -0.2) is 34.1 Å². The number of carbonyl (C=O) groups excluding carboxylic acids is 1. The topological polar surface area (TPSA) is 50.2 Å². The smallest absolute Gasteiger partial charge is 0.317 e. The first-order valence-corrected chi connectivity index (χ1v) is 9.53. The summed E-state index contributed by atoms with van der Waals surface area (Å²) in [7, 11) is 1.85. The highest BCUT2D eigenvalue weighted by Gasteiger charge is 2.11. The number of para-hydroxylation sites is 2. The summed E-state index contributed by atoms with van der Waals surface area (Å²) in [5.41, 5.74) is 4.42. The summed E-state index contributed by atoms with van der Waals surface area (Å²) >= 11 is 0. The van der Waals surface area contributed by atoms with E-state index in [4.69, 9.17) is 0 Å². The summed E-state index contributed by atoms with van der Waals surface area (Å²) in [5, 5.41) is 3.01. The van der Waals surface area contributed by atoms with Crippen LogP contribution in [0.4, 0.5) is 4.79 Å². The number of hydrogen-bond donors (Lipinski definition) is 1.